The van der Waals surface area contributed by atoms with Crippen LogP contribution in [0.2, 0.25) is 0 Å². The number of nitrogens with two attached hydrogens (primary N) is 2. The molecule has 4 aromatic rings. The molecule has 0 bridgehead atoms. The highest BCUT2D eigenvalue weighted by molar-refractivity contribution is 5.98. The molecule has 0 radical (unpaired) electrons. The molecule has 9 heteroatoms. The molecule has 4 N–H and O–H groups in total. The minimum Gasteiger partial charge on any atom is -0.457 e. The van der Waals surface area contributed by atoms with Crippen LogP contribution in [0.3, 0.4) is 0 Å². The fourth-order valence-electron chi connectivity index (χ4n) is 5.89. The summed E-state index contributed by atoms with van der Waals surface area (Å²) < 4.78 is 8.21. The van der Waals surface area contributed by atoms with Crippen LogP contribution in [0.25, 0.3) is 22.3 Å². The standard InChI is InChI=1S/C29H36N8O/c1-35-14-16-36(17-15-35)22-8-10-23(11-9-22)37-29-26(28(31)32-19-33-29)27(34-37)20-6-12-24(13-7-20)38-25-5-3-2-4-21(25)18-30/h2-7,12-13,19,22-23H,8-11,14-18,30H2,1H3,(H2,31,32,33). The lowest BCUT2D eigenvalue weighted by Crippen LogP contribution is -2.49. The summed E-state index contributed by atoms with van der Waals surface area (Å²) in [4.78, 5) is 14.0. The van der Waals surface area contributed by atoms with Crippen LogP contribution >= 0.6 is 0 Å². The van der Waals surface area contributed by atoms with Crippen molar-refractivity contribution < 1.29 is 4.74 Å². The normalized spacial score (nSPS) is 21.1. The third-order valence-electron chi connectivity index (χ3n) is 8.13. The van der Waals surface area contributed by atoms with Crippen molar-refractivity contribution in [2.75, 3.05) is 39.0 Å². The summed E-state index contributed by atoms with van der Waals surface area (Å²) in [6.07, 6.45) is 6.08. The Kier molecular flexibility index (Phi) is 6.97. The van der Waals surface area contributed by atoms with Crippen LogP contribution < -0.4 is 16.2 Å². The Morgan fingerprint density at radius 1 is 0.895 bits per heavy atom. The number of fused-ring (bicyclic) bond motifs is 1. The lowest BCUT2D eigenvalue weighted by molar-refractivity contribution is 0.0815. The number of likely N-dealkylation sites (N-methyl/N-ethyl adjacent to an activating group) is 1. The molecule has 6 rings (SSSR count). The molecule has 1 saturated heterocycles. The monoisotopic (exact) mass is 512 g/mol. The third kappa shape index (κ3) is 4.84. The number of piperazine rings is 1. The molecule has 0 unspecified atom stereocenters. The van der Waals surface area contributed by atoms with Crippen LogP contribution in [-0.4, -0.2) is 68.8 Å². The zero-order valence-corrected chi connectivity index (χ0v) is 22.0. The van der Waals surface area contributed by atoms with Crippen molar-refractivity contribution >= 4 is 16.9 Å². The van der Waals surface area contributed by atoms with Gasteiger partial charge in [-0.25, -0.2) is 14.6 Å². The minimum atomic E-state index is 0.305. The van der Waals surface area contributed by atoms with E-state index in [4.69, 9.17) is 21.3 Å². The predicted molar refractivity (Wildman–Crippen MR) is 150 cm³/mol. The fraction of sp³-hybridized carbons (Fsp3) is 0.414. The zero-order valence-electron chi connectivity index (χ0n) is 22.0. The number of hydrogen-bond acceptors (Lipinski definition) is 8. The van der Waals surface area contributed by atoms with Crippen LogP contribution in [0.5, 0.6) is 11.5 Å². The molecule has 38 heavy (non-hydrogen) atoms. The molecule has 2 aromatic heterocycles. The van der Waals surface area contributed by atoms with Crippen molar-refractivity contribution in [3.8, 4) is 22.8 Å². The second-order valence-corrected chi connectivity index (χ2v) is 10.5. The summed E-state index contributed by atoms with van der Waals surface area (Å²) in [5.74, 6) is 1.96. The molecule has 0 atom stereocenters. The van der Waals surface area contributed by atoms with Crippen LogP contribution in [0.4, 0.5) is 5.82 Å². The molecule has 2 aliphatic rings. The van der Waals surface area contributed by atoms with Gasteiger partial charge in [0.05, 0.1) is 11.4 Å². The number of rotatable bonds is 6. The van der Waals surface area contributed by atoms with Gasteiger partial charge in [-0.1, -0.05) is 18.2 Å². The van der Waals surface area contributed by atoms with Crippen LogP contribution in [0.15, 0.2) is 54.9 Å². The van der Waals surface area contributed by atoms with E-state index in [9.17, 15) is 0 Å². The first-order valence-electron chi connectivity index (χ1n) is 13.6. The van der Waals surface area contributed by atoms with Gasteiger partial charge in [-0.15, -0.1) is 0 Å². The number of ether oxygens (including phenoxy) is 1. The zero-order chi connectivity index (χ0) is 26.1. The highest BCUT2D eigenvalue weighted by Crippen LogP contribution is 2.37. The largest absolute Gasteiger partial charge is 0.457 e. The lowest BCUT2D eigenvalue weighted by atomic mass is 9.90. The predicted octanol–water partition coefficient (Wildman–Crippen LogP) is 4.06. The van der Waals surface area contributed by atoms with E-state index >= 15 is 0 Å². The van der Waals surface area contributed by atoms with E-state index in [2.05, 4.69) is 31.5 Å². The van der Waals surface area contributed by atoms with Crippen LogP contribution in [0, 0.1) is 0 Å². The van der Waals surface area contributed by atoms with Gasteiger partial charge in [-0.05, 0) is 63.1 Å². The summed E-state index contributed by atoms with van der Waals surface area (Å²) in [5.41, 5.74) is 15.8. The Morgan fingerprint density at radius 3 is 2.34 bits per heavy atom. The average Bonchev–Trinajstić information content (AvgIpc) is 3.35. The van der Waals surface area contributed by atoms with Gasteiger partial charge in [0.2, 0.25) is 0 Å². The SMILES string of the molecule is CN1CCN(C2CCC(n3nc(-c4ccc(Oc5ccccc5CN)cc4)c4c(N)ncnc43)CC2)CC1. The Hall–Kier alpha value is -3.53. The second-order valence-electron chi connectivity index (χ2n) is 10.5. The van der Waals surface area contributed by atoms with Crippen molar-refractivity contribution in [1.82, 2.24) is 29.5 Å². The molecule has 9 nitrogen and oxygen atoms in total. The van der Waals surface area contributed by atoms with Gasteiger partial charge >= 0.3 is 0 Å². The molecule has 1 aliphatic carbocycles. The van der Waals surface area contributed by atoms with Crippen molar-refractivity contribution in [3.05, 3.63) is 60.4 Å². The molecule has 3 heterocycles. The van der Waals surface area contributed by atoms with E-state index in [0.29, 0.717) is 24.4 Å². The molecule has 2 fully saturated rings. The van der Waals surface area contributed by atoms with Gasteiger partial charge in [0.15, 0.2) is 5.65 Å². The lowest BCUT2D eigenvalue weighted by Gasteiger charge is -2.41. The smallest absolute Gasteiger partial charge is 0.164 e. The Balaban J connectivity index is 1.24. The number of benzene rings is 2. The Bertz CT molecular complexity index is 1390. The highest BCUT2D eigenvalue weighted by Gasteiger charge is 2.30. The summed E-state index contributed by atoms with van der Waals surface area (Å²) in [6, 6.07) is 16.7. The summed E-state index contributed by atoms with van der Waals surface area (Å²) in [5, 5.41) is 5.90. The maximum atomic E-state index is 6.38. The quantitative estimate of drug-likeness (QED) is 0.398. The number of hydrogen-bond donors (Lipinski definition) is 2. The first-order valence-corrected chi connectivity index (χ1v) is 13.6. The van der Waals surface area contributed by atoms with Crippen LogP contribution in [-0.2, 0) is 6.54 Å². The molecule has 1 aliphatic heterocycles. The van der Waals surface area contributed by atoms with E-state index in [1.54, 1.807) is 6.33 Å². The number of aromatic nitrogens is 4. The first kappa shape index (κ1) is 24.8. The molecule has 2 aromatic carbocycles. The summed E-state index contributed by atoms with van der Waals surface area (Å²) in [6.45, 7) is 5.08. The molecular weight excluding hydrogens is 476 g/mol. The van der Waals surface area contributed by atoms with Gasteiger partial charge in [0, 0.05) is 49.9 Å². The fourth-order valence-corrected chi connectivity index (χ4v) is 5.89. The van der Waals surface area contributed by atoms with Crippen LogP contribution in [0.1, 0.15) is 37.3 Å². The van der Waals surface area contributed by atoms with Gasteiger partial charge < -0.3 is 21.1 Å². The Morgan fingerprint density at radius 2 is 1.61 bits per heavy atom. The number of nitrogens with zero attached hydrogens (tertiary/aromatic N) is 6. The van der Waals surface area contributed by atoms with Gasteiger partial charge in [-0.3, -0.25) is 4.90 Å². The third-order valence-corrected chi connectivity index (χ3v) is 8.13. The Labute approximate surface area is 223 Å². The topological polar surface area (TPSA) is 111 Å². The van der Waals surface area contributed by atoms with E-state index in [1.165, 1.54) is 25.9 Å². The minimum absolute atomic E-state index is 0.305. The van der Waals surface area contributed by atoms with E-state index in [-0.39, 0.29) is 0 Å². The number of anilines is 1. The number of nitrogen functional groups attached to an aromatic ring is 1. The molecule has 0 amide bonds. The summed E-state index contributed by atoms with van der Waals surface area (Å²) >= 11 is 0. The molecule has 1 saturated carbocycles. The van der Waals surface area contributed by atoms with Crippen molar-refractivity contribution in [3.63, 3.8) is 0 Å². The molecule has 198 valence electrons. The van der Waals surface area contributed by atoms with E-state index in [0.717, 1.165) is 65.3 Å². The summed E-state index contributed by atoms with van der Waals surface area (Å²) in [7, 11) is 2.21. The molecular formula is C29H36N8O. The van der Waals surface area contributed by atoms with E-state index < -0.39 is 0 Å². The van der Waals surface area contributed by atoms with Crippen molar-refractivity contribution in [2.24, 2.45) is 5.73 Å². The van der Waals surface area contributed by atoms with Crippen molar-refractivity contribution in [1.29, 1.82) is 0 Å². The highest BCUT2D eigenvalue weighted by atomic mass is 16.5. The number of para-hydroxylation sites is 1. The first-order chi connectivity index (χ1) is 18.6. The van der Waals surface area contributed by atoms with E-state index in [1.807, 2.05) is 48.5 Å². The van der Waals surface area contributed by atoms with Gasteiger partial charge in [-0.2, -0.15) is 5.10 Å². The molecule has 0 spiro atoms. The van der Waals surface area contributed by atoms with Gasteiger partial charge in [0.1, 0.15) is 29.3 Å². The van der Waals surface area contributed by atoms with Gasteiger partial charge in [0.25, 0.3) is 0 Å². The maximum absolute atomic E-state index is 6.38. The second kappa shape index (κ2) is 10.7. The average molecular weight is 513 g/mol. The maximum Gasteiger partial charge on any atom is 0.164 e. The van der Waals surface area contributed by atoms with Crippen molar-refractivity contribution in [2.45, 2.75) is 44.3 Å².